The molecule has 30 heavy (non-hydrogen) atoms. The largest absolute Gasteiger partial charge is 0.497 e. The molecule has 1 saturated heterocycles. The van der Waals surface area contributed by atoms with Crippen LogP contribution in [0.3, 0.4) is 0 Å². The second-order valence-corrected chi connectivity index (χ2v) is 9.23. The van der Waals surface area contributed by atoms with Crippen molar-refractivity contribution in [3.05, 3.63) is 48.7 Å². The van der Waals surface area contributed by atoms with Gasteiger partial charge in [-0.05, 0) is 68.7 Å². The zero-order valence-corrected chi connectivity index (χ0v) is 18.1. The summed E-state index contributed by atoms with van der Waals surface area (Å²) in [7, 11) is -2.20. The summed E-state index contributed by atoms with van der Waals surface area (Å²) < 4.78 is 38.1. The molecule has 6 nitrogen and oxygen atoms in total. The smallest absolute Gasteiger partial charge is 0.210 e. The average Bonchev–Trinajstić information content (AvgIpc) is 2.79. The molecule has 0 unspecified atom stereocenters. The van der Waals surface area contributed by atoms with E-state index in [0.717, 1.165) is 48.9 Å². The maximum Gasteiger partial charge on any atom is 0.210 e. The molecule has 1 aromatic heterocycles. The predicted octanol–water partition coefficient (Wildman–Crippen LogP) is 4.47. The number of sulfone groups is 1. The van der Waals surface area contributed by atoms with Gasteiger partial charge in [0.2, 0.25) is 9.84 Å². The summed E-state index contributed by atoms with van der Waals surface area (Å²) in [6, 6.07) is 12.1. The lowest BCUT2D eigenvalue weighted by Crippen LogP contribution is -2.31. The van der Waals surface area contributed by atoms with Crippen LogP contribution in [0.1, 0.15) is 26.2 Å². The number of pyridine rings is 1. The fraction of sp³-hybridized carbons (Fsp3) is 0.348. The van der Waals surface area contributed by atoms with Gasteiger partial charge in [0.15, 0.2) is 0 Å². The van der Waals surface area contributed by atoms with Gasteiger partial charge in [0, 0.05) is 24.7 Å². The van der Waals surface area contributed by atoms with Crippen LogP contribution in [0.25, 0.3) is 10.9 Å². The van der Waals surface area contributed by atoms with Crippen molar-refractivity contribution in [2.75, 3.05) is 31.7 Å². The normalized spacial score (nSPS) is 14.7. The van der Waals surface area contributed by atoms with E-state index < -0.39 is 9.84 Å². The number of aromatic nitrogens is 1. The summed E-state index contributed by atoms with van der Waals surface area (Å²) in [4.78, 5) is 7.12. The van der Waals surface area contributed by atoms with Gasteiger partial charge >= 0.3 is 0 Å². The highest BCUT2D eigenvalue weighted by atomic mass is 32.2. The third kappa shape index (κ3) is 3.81. The Labute approximate surface area is 177 Å². The molecule has 0 amide bonds. The van der Waals surface area contributed by atoms with Gasteiger partial charge in [-0.3, -0.25) is 4.98 Å². The number of ether oxygens (including phenoxy) is 2. The molecule has 2 aromatic carbocycles. The van der Waals surface area contributed by atoms with E-state index in [0.29, 0.717) is 18.1 Å². The summed E-state index contributed by atoms with van der Waals surface area (Å²) >= 11 is 0. The van der Waals surface area contributed by atoms with E-state index in [2.05, 4.69) is 9.88 Å². The molecular weight excluding hydrogens is 400 g/mol. The number of rotatable bonds is 6. The van der Waals surface area contributed by atoms with Crippen molar-refractivity contribution in [3.8, 4) is 11.5 Å². The molecule has 0 aliphatic carbocycles. The van der Waals surface area contributed by atoms with Gasteiger partial charge in [-0.25, -0.2) is 8.42 Å². The monoisotopic (exact) mass is 426 g/mol. The molecule has 0 radical (unpaired) electrons. The molecule has 4 rings (SSSR count). The van der Waals surface area contributed by atoms with Crippen molar-refractivity contribution in [3.63, 3.8) is 0 Å². The van der Waals surface area contributed by atoms with Crippen LogP contribution in [0, 0.1) is 0 Å². The van der Waals surface area contributed by atoms with E-state index >= 15 is 0 Å². The first-order chi connectivity index (χ1) is 14.5. The Morgan fingerprint density at radius 1 is 1.00 bits per heavy atom. The van der Waals surface area contributed by atoms with E-state index in [4.69, 9.17) is 9.47 Å². The minimum absolute atomic E-state index is 0.226. The molecule has 2 heterocycles. The fourth-order valence-corrected chi connectivity index (χ4v) is 5.35. The van der Waals surface area contributed by atoms with Crippen molar-refractivity contribution >= 4 is 26.4 Å². The van der Waals surface area contributed by atoms with Gasteiger partial charge in [-0.2, -0.15) is 0 Å². The maximum absolute atomic E-state index is 13.6. The lowest BCUT2D eigenvalue weighted by Gasteiger charge is -2.31. The summed E-state index contributed by atoms with van der Waals surface area (Å²) in [6.45, 7) is 4.12. The Morgan fingerprint density at radius 2 is 1.70 bits per heavy atom. The second kappa shape index (κ2) is 8.52. The Morgan fingerprint density at radius 3 is 2.37 bits per heavy atom. The molecule has 1 aliphatic rings. The summed E-state index contributed by atoms with van der Waals surface area (Å²) in [6.07, 6.45) is 4.73. The molecule has 0 saturated carbocycles. The highest BCUT2D eigenvalue weighted by molar-refractivity contribution is 7.91. The SMILES string of the molecule is CCOc1ccc2ncc(S(=O)(=O)c3ccc(OC)cc3)c(N3CCCCC3)c2c1. The first-order valence-electron chi connectivity index (χ1n) is 10.2. The zero-order chi connectivity index (χ0) is 21.1. The summed E-state index contributed by atoms with van der Waals surface area (Å²) in [5, 5.41) is 0.803. The molecule has 3 aromatic rings. The number of nitrogens with zero attached hydrogens (tertiary/aromatic N) is 2. The van der Waals surface area contributed by atoms with Crippen molar-refractivity contribution < 1.29 is 17.9 Å². The highest BCUT2D eigenvalue weighted by Crippen LogP contribution is 2.38. The average molecular weight is 427 g/mol. The quantitative estimate of drug-likeness (QED) is 0.579. The molecule has 0 N–H and O–H groups in total. The molecule has 0 spiro atoms. The molecule has 158 valence electrons. The third-order valence-electron chi connectivity index (χ3n) is 5.42. The molecule has 7 heteroatoms. The number of methoxy groups -OCH3 is 1. The van der Waals surface area contributed by atoms with Crippen molar-refractivity contribution in [2.45, 2.75) is 36.0 Å². The zero-order valence-electron chi connectivity index (χ0n) is 17.3. The Kier molecular flexibility index (Phi) is 5.81. The van der Waals surface area contributed by atoms with Gasteiger partial charge in [0.1, 0.15) is 16.4 Å². The van der Waals surface area contributed by atoms with E-state index in [-0.39, 0.29) is 9.79 Å². The summed E-state index contributed by atoms with van der Waals surface area (Å²) in [5.41, 5.74) is 1.48. The number of benzene rings is 2. The molecule has 1 aliphatic heterocycles. The van der Waals surface area contributed by atoms with Crippen molar-refractivity contribution in [1.82, 2.24) is 4.98 Å². The Bertz CT molecular complexity index is 1140. The number of hydrogen-bond acceptors (Lipinski definition) is 6. The van der Waals surface area contributed by atoms with Gasteiger partial charge in [0.05, 0.1) is 29.8 Å². The Balaban J connectivity index is 1.93. The van der Waals surface area contributed by atoms with Gasteiger partial charge in [-0.1, -0.05) is 0 Å². The van der Waals surface area contributed by atoms with Crippen molar-refractivity contribution in [2.24, 2.45) is 0 Å². The highest BCUT2D eigenvalue weighted by Gasteiger charge is 2.28. The first kappa shape index (κ1) is 20.5. The van der Waals surface area contributed by atoms with Crippen LogP contribution < -0.4 is 14.4 Å². The third-order valence-corrected chi connectivity index (χ3v) is 7.19. The minimum atomic E-state index is -3.76. The number of piperidine rings is 1. The second-order valence-electron chi connectivity index (χ2n) is 7.31. The predicted molar refractivity (Wildman–Crippen MR) is 117 cm³/mol. The van der Waals surface area contributed by atoms with Crippen LogP contribution in [-0.2, 0) is 9.84 Å². The van der Waals surface area contributed by atoms with Crippen molar-refractivity contribution in [1.29, 1.82) is 0 Å². The molecule has 0 bridgehead atoms. The molecular formula is C23H26N2O4S. The van der Waals surface area contributed by atoms with Gasteiger partial charge in [-0.15, -0.1) is 0 Å². The molecule has 0 atom stereocenters. The van der Waals surface area contributed by atoms with Crippen LogP contribution in [0.15, 0.2) is 58.5 Å². The first-order valence-corrected chi connectivity index (χ1v) is 11.7. The number of hydrogen-bond donors (Lipinski definition) is 0. The van der Waals surface area contributed by atoms with Crippen LogP contribution in [-0.4, -0.2) is 40.2 Å². The topological polar surface area (TPSA) is 68.7 Å². The maximum atomic E-state index is 13.6. The van der Waals surface area contributed by atoms with Crippen LogP contribution in [0.4, 0.5) is 5.69 Å². The van der Waals surface area contributed by atoms with E-state index in [1.807, 2.05) is 25.1 Å². The van der Waals surface area contributed by atoms with Gasteiger partial charge in [0.25, 0.3) is 0 Å². The number of fused-ring (bicyclic) bond motifs is 1. The number of anilines is 1. The standard InChI is InChI=1S/C23H26N2O4S/c1-3-29-18-9-12-21-20(15-18)23(25-13-5-4-6-14-25)22(16-24-21)30(26,27)19-10-7-17(28-2)8-11-19/h7-12,15-16H,3-6,13-14H2,1-2H3. The minimum Gasteiger partial charge on any atom is -0.497 e. The lowest BCUT2D eigenvalue weighted by molar-refractivity contribution is 0.340. The fourth-order valence-electron chi connectivity index (χ4n) is 3.92. The van der Waals surface area contributed by atoms with Crippen LogP contribution in [0.5, 0.6) is 11.5 Å². The molecule has 1 fully saturated rings. The Hall–Kier alpha value is -2.80. The van der Waals surface area contributed by atoms with E-state index in [9.17, 15) is 8.42 Å². The lowest BCUT2D eigenvalue weighted by atomic mass is 10.1. The van der Waals surface area contributed by atoms with E-state index in [1.54, 1.807) is 31.4 Å². The van der Waals surface area contributed by atoms with E-state index in [1.165, 1.54) is 6.20 Å². The van der Waals surface area contributed by atoms with Gasteiger partial charge < -0.3 is 14.4 Å². The summed E-state index contributed by atoms with van der Waals surface area (Å²) in [5.74, 6) is 1.33. The van der Waals surface area contributed by atoms with Crippen LogP contribution >= 0.6 is 0 Å². The van der Waals surface area contributed by atoms with Crippen LogP contribution in [0.2, 0.25) is 0 Å².